The normalized spacial score (nSPS) is 13.9. The van der Waals surface area contributed by atoms with Crippen molar-refractivity contribution in [2.45, 2.75) is 24.7 Å². The fourth-order valence-corrected chi connectivity index (χ4v) is 2.56. The molecule has 2 aromatic rings. The summed E-state index contributed by atoms with van der Waals surface area (Å²) in [5.41, 5.74) is 9.65. The summed E-state index contributed by atoms with van der Waals surface area (Å²) < 4.78 is 37.1. The molecule has 3 atom stereocenters. The van der Waals surface area contributed by atoms with Gasteiger partial charge in [0.25, 0.3) is 0 Å². The summed E-state index contributed by atoms with van der Waals surface area (Å²) in [7, 11) is 1.51. The molecule has 0 saturated carbocycles. The Labute approximate surface area is 161 Å². The Kier molecular flexibility index (Phi) is 8.48. The zero-order valence-corrected chi connectivity index (χ0v) is 15.3. The van der Waals surface area contributed by atoms with E-state index in [-0.39, 0.29) is 24.9 Å². The van der Waals surface area contributed by atoms with Gasteiger partial charge in [-0.1, -0.05) is 23.3 Å². The van der Waals surface area contributed by atoms with Crippen LogP contribution in [0.25, 0.3) is 10.4 Å². The molecule has 0 aliphatic heterocycles. The van der Waals surface area contributed by atoms with Gasteiger partial charge in [-0.3, -0.25) is 0 Å². The fourth-order valence-electron chi connectivity index (χ4n) is 2.56. The van der Waals surface area contributed by atoms with Gasteiger partial charge in [0.05, 0.1) is 24.9 Å². The summed E-state index contributed by atoms with van der Waals surface area (Å²) in [6.07, 6.45) is -1.27. The van der Waals surface area contributed by atoms with E-state index < -0.39 is 23.8 Å². The van der Waals surface area contributed by atoms with E-state index in [1.165, 1.54) is 7.11 Å². The van der Waals surface area contributed by atoms with Crippen LogP contribution in [0.2, 0.25) is 0 Å². The van der Waals surface area contributed by atoms with Gasteiger partial charge in [0.15, 0.2) is 0 Å². The van der Waals surface area contributed by atoms with Crippen LogP contribution in [-0.2, 0) is 4.74 Å². The number of ether oxygens (including phenoxy) is 2. The largest absolute Gasteiger partial charge is 0.493 e. The second-order valence-electron chi connectivity index (χ2n) is 6.10. The molecule has 0 saturated heterocycles. The summed E-state index contributed by atoms with van der Waals surface area (Å²) in [5, 5.41) is 17.1. The molecule has 0 heterocycles. The number of nitrogens with zero attached hydrogens (tertiary/aromatic N) is 3. The minimum atomic E-state index is -1.07. The number of azide groups is 1. The Balaban J connectivity index is 1.92. The molecule has 0 spiro atoms. The molecule has 0 radical (unpaired) electrons. The second-order valence-corrected chi connectivity index (χ2v) is 6.10. The van der Waals surface area contributed by atoms with Gasteiger partial charge in [-0.05, 0) is 17.7 Å². The van der Waals surface area contributed by atoms with Crippen molar-refractivity contribution < 1.29 is 23.4 Å². The van der Waals surface area contributed by atoms with Gasteiger partial charge >= 0.3 is 0 Å². The Bertz CT molecular complexity index is 768. The van der Waals surface area contributed by atoms with Crippen LogP contribution in [0, 0.1) is 11.6 Å². The van der Waals surface area contributed by atoms with Crippen molar-refractivity contribution in [3.63, 3.8) is 0 Å². The van der Waals surface area contributed by atoms with E-state index >= 15 is 0 Å². The summed E-state index contributed by atoms with van der Waals surface area (Å²) in [4.78, 5) is 2.71. The molecular weight excluding hydrogens is 370 g/mol. The van der Waals surface area contributed by atoms with Crippen molar-refractivity contribution in [2.24, 2.45) is 5.11 Å². The first kappa shape index (κ1) is 21.4. The van der Waals surface area contributed by atoms with Gasteiger partial charge in [-0.2, -0.15) is 0 Å². The molecule has 9 heteroatoms. The van der Waals surface area contributed by atoms with E-state index in [2.05, 4.69) is 15.3 Å². The van der Waals surface area contributed by atoms with Crippen LogP contribution in [0.5, 0.6) is 5.75 Å². The molecule has 0 unspecified atom stereocenters. The third-order valence-electron chi connectivity index (χ3n) is 4.05. The van der Waals surface area contributed by atoms with Crippen molar-refractivity contribution in [3.8, 4) is 5.75 Å². The quantitative estimate of drug-likeness (QED) is 0.344. The summed E-state index contributed by atoms with van der Waals surface area (Å²) >= 11 is 0. The van der Waals surface area contributed by atoms with Gasteiger partial charge < -0.3 is 19.9 Å². The van der Waals surface area contributed by atoms with Gasteiger partial charge in [-0.15, -0.1) is 0 Å². The number of aliphatic hydroxyl groups excluding tert-OH is 1. The molecule has 0 aromatic heterocycles. The standard InChI is InChI=1S/C19H22F2N4O3/c1-27-17(11-23-15-5-3-2-4-6-15)10-19(26)18(24-25-22)12-28-16-8-13(20)7-14(21)9-16/h2-9,17-19,23,26H,10-12H2,1H3/t17-,18+,19+/m1/s1. The number of aliphatic hydroxyl groups is 1. The first-order valence-corrected chi connectivity index (χ1v) is 8.64. The second kappa shape index (κ2) is 11.1. The van der Waals surface area contributed by atoms with Crippen LogP contribution in [0.15, 0.2) is 53.6 Å². The molecule has 0 aliphatic rings. The van der Waals surface area contributed by atoms with Crippen molar-refractivity contribution in [2.75, 3.05) is 25.6 Å². The minimum absolute atomic E-state index is 0.0584. The van der Waals surface area contributed by atoms with Crippen LogP contribution in [0.1, 0.15) is 6.42 Å². The summed E-state index contributed by atoms with van der Waals surface area (Å²) in [5.74, 6) is -1.64. The van der Waals surface area contributed by atoms with Crippen molar-refractivity contribution in [3.05, 3.63) is 70.6 Å². The SMILES string of the molecule is CO[C@@H](CNc1ccccc1)C[C@H](O)[C@H](COc1cc(F)cc(F)c1)N=[N+]=[N-]. The molecule has 0 aliphatic carbocycles. The van der Waals surface area contributed by atoms with Crippen LogP contribution in [0.4, 0.5) is 14.5 Å². The molecule has 7 nitrogen and oxygen atoms in total. The molecule has 2 N–H and O–H groups in total. The monoisotopic (exact) mass is 392 g/mol. The number of nitrogens with one attached hydrogen (secondary N) is 1. The lowest BCUT2D eigenvalue weighted by atomic mass is 10.1. The minimum Gasteiger partial charge on any atom is -0.493 e. The maximum absolute atomic E-state index is 13.2. The summed E-state index contributed by atoms with van der Waals surface area (Å²) in [6.45, 7) is 0.188. The van der Waals surface area contributed by atoms with Gasteiger partial charge in [0, 0.05) is 48.9 Å². The Morgan fingerprint density at radius 2 is 1.86 bits per heavy atom. The van der Waals surface area contributed by atoms with Crippen molar-refractivity contribution in [1.29, 1.82) is 0 Å². The molecular formula is C19H22F2N4O3. The van der Waals surface area contributed by atoms with Gasteiger partial charge in [0.2, 0.25) is 0 Å². The predicted molar refractivity (Wildman–Crippen MR) is 101 cm³/mol. The van der Waals surface area contributed by atoms with Crippen LogP contribution in [-0.4, -0.2) is 43.6 Å². The predicted octanol–water partition coefficient (Wildman–Crippen LogP) is 3.90. The summed E-state index contributed by atoms with van der Waals surface area (Å²) in [6, 6.07) is 11.3. The van der Waals surface area contributed by atoms with Crippen molar-refractivity contribution in [1.82, 2.24) is 0 Å². The molecule has 28 heavy (non-hydrogen) atoms. The highest BCUT2D eigenvalue weighted by molar-refractivity contribution is 5.42. The van der Waals surface area contributed by atoms with Crippen LogP contribution < -0.4 is 10.1 Å². The lowest BCUT2D eigenvalue weighted by Gasteiger charge is -2.24. The molecule has 150 valence electrons. The maximum atomic E-state index is 13.2. The van der Waals surface area contributed by atoms with Gasteiger partial charge in [-0.25, -0.2) is 8.78 Å². The van der Waals surface area contributed by atoms with E-state index in [0.29, 0.717) is 6.54 Å². The Hall–Kier alpha value is -2.87. The topological polar surface area (TPSA) is 99.5 Å². The lowest BCUT2D eigenvalue weighted by molar-refractivity contribution is 0.0344. The number of hydrogen-bond acceptors (Lipinski definition) is 5. The molecule has 2 rings (SSSR count). The van der Waals surface area contributed by atoms with Crippen LogP contribution in [0.3, 0.4) is 0 Å². The lowest BCUT2D eigenvalue weighted by Crippen LogP contribution is -2.36. The average molecular weight is 392 g/mol. The highest BCUT2D eigenvalue weighted by atomic mass is 19.1. The molecule has 2 aromatic carbocycles. The molecule has 0 fully saturated rings. The first-order chi connectivity index (χ1) is 13.5. The number of benzene rings is 2. The van der Waals surface area contributed by atoms with E-state index in [1.807, 2.05) is 30.3 Å². The van der Waals surface area contributed by atoms with Crippen molar-refractivity contribution >= 4 is 5.69 Å². The highest BCUT2D eigenvalue weighted by Crippen LogP contribution is 2.18. The number of para-hydroxylation sites is 1. The van der Waals surface area contributed by atoms with E-state index in [4.69, 9.17) is 15.0 Å². The Morgan fingerprint density at radius 1 is 1.18 bits per heavy atom. The molecule has 0 bridgehead atoms. The van der Waals surface area contributed by atoms with E-state index in [0.717, 1.165) is 23.9 Å². The zero-order chi connectivity index (χ0) is 20.4. The molecule has 0 amide bonds. The smallest absolute Gasteiger partial charge is 0.129 e. The highest BCUT2D eigenvalue weighted by Gasteiger charge is 2.23. The first-order valence-electron chi connectivity index (χ1n) is 8.64. The van der Waals surface area contributed by atoms with Gasteiger partial charge in [0.1, 0.15) is 17.4 Å². The average Bonchev–Trinajstić information content (AvgIpc) is 2.68. The zero-order valence-electron chi connectivity index (χ0n) is 15.3. The number of hydrogen-bond donors (Lipinski definition) is 2. The van der Waals surface area contributed by atoms with E-state index in [9.17, 15) is 13.9 Å². The number of anilines is 1. The maximum Gasteiger partial charge on any atom is 0.129 e. The Morgan fingerprint density at radius 3 is 2.46 bits per heavy atom. The number of halogens is 2. The number of methoxy groups -OCH3 is 1. The third kappa shape index (κ3) is 7.03. The number of rotatable bonds is 11. The third-order valence-corrected chi connectivity index (χ3v) is 4.05. The van der Waals surface area contributed by atoms with Crippen LogP contribution >= 0.6 is 0 Å². The fraction of sp³-hybridized carbons (Fsp3) is 0.368. The van der Waals surface area contributed by atoms with E-state index in [1.54, 1.807) is 0 Å².